The SMILES string of the molecule is c1ccc(-c2nc(-c3ccc4oc5ccccc5c4c3)nc(-c3cc4c5ccccc5[se]c4c4c3ccc3ccccc34)n2)cc1. The molecule has 0 saturated carbocycles. The Morgan fingerprint density at radius 3 is 2.02 bits per heavy atom. The predicted octanol–water partition coefficient (Wildman–Crippen LogP) is 10.4. The molecule has 0 aliphatic carbocycles. The van der Waals surface area contributed by atoms with Gasteiger partial charge in [-0.2, -0.15) is 0 Å². The molecular formula is C41H23N3OSe. The summed E-state index contributed by atoms with van der Waals surface area (Å²) in [6.07, 6.45) is 0. The topological polar surface area (TPSA) is 51.8 Å². The van der Waals surface area contributed by atoms with Gasteiger partial charge in [0.25, 0.3) is 0 Å². The van der Waals surface area contributed by atoms with Crippen LogP contribution in [0.5, 0.6) is 0 Å². The number of rotatable bonds is 3. The van der Waals surface area contributed by atoms with Gasteiger partial charge in [-0.1, -0.05) is 12.1 Å². The fraction of sp³-hybridized carbons (Fsp3) is 0. The first kappa shape index (κ1) is 25.7. The predicted molar refractivity (Wildman–Crippen MR) is 190 cm³/mol. The van der Waals surface area contributed by atoms with Crippen LogP contribution in [0.15, 0.2) is 144 Å². The van der Waals surface area contributed by atoms with Gasteiger partial charge in [0.05, 0.1) is 0 Å². The molecule has 214 valence electrons. The Morgan fingerprint density at radius 2 is 1.13 bits per heavy atom. The van der Waals surface area contributed by atoms with Gasteiger partial charge in [-0.15, -0.1) is 0 Å². The maximum absolute atomic E-state index is 6.13. The second-order valence-electron chi connectivity index (χ2n) is 11.6. The molecule has 5 heteroatoms. The molecule has 0 bridgehead atoms. The van der Waals surface area contributed by atoms with Gasteiger partial charge in [0.15, 0.2) is 0 Å². The second-order valence-corrected chi connectivity index (χ2v) is 13.8. The van der Waals surface area contributed by atoms with E-state index in [4.69, 9.17) is 19.4 Å². The number of hydrogen-bond acceptors (Lipinski definition) is 4. The van der Waals surface area contributed by atoms with Crippen LogP contribution in [0.1, 0.15) is 0 Å². The van der Waals surface area contributed by atoms with Crippen LogP contribution < -0.4 is 0 Å². The number of benzene rings is 7. The van der Waals surface area contributed by atoms with Gasteiger partial charge >= 0.3 is 252 Å². The molecule has 0 aliphatic heterocycles. The summed E-state index contributed by atoms with van der Waals surface area (Å²) in [5.74, 6) is 1.95. The van der Waals surface area contributed by atoms with Crippen LogP contribution in [0.2, 0.25) is 0 Å². The fourth-order valence-corrected chi connectivity index (χ4v) is 9.38. The number of fused-ring (bicyclic) bond motifs is 10. The molecule has 46 heavy (non-hydrogen) atoms. The monoisotopic (exact) mass is 653 g/mol. The van der Waals surface area contributed by atoms with Crippen molar-refractivity contribution in [1.82, 2.24) is 15.0 Å². The van der Waals surface area contributed by atoms with E-state index in [9.17, 15) is 0 Å². The van der Waals surface area contributed by atoms with Crippen LogP contribution in [0, 0.1) is 0 Å². The molecule has 0 fully saturated rings. The zero-order chi connectivity index (χ0) is 30.2. The standard InChI is InChI=1S/C41H23N3OSe/c1-2-11-25(12-3-1)39-42-40(26-19-21-35-31(22-26)28-14-6-8-16-34(28)45-35)44-41(43-39)33-23-32-29-15-7-9-17-36(29)46-38(32)37-27-13-5-4-10-24(27)18-20-30(33)37/h1-23H. The molecule has 0 unspecified atom stereocenters. The average Bonchev–Trinajstić information content (AvgIpc) is 3.69. The zero-order valence-electron chi connectivity index (χ0n) is 24.4. The first-order valence-electron chi connectivity index (χ1n) is 15.3. The van der Waals surface area contributed by atoms with Crippen LogP contribution in [0.4, 0.5) is 0 Å². The molecule has 0 radical (unpaired) electrons. The quantitative estimate of drug-likeness (QED) is 0.141. The normalized spacial score (nSPS) is 11.9. The molecule has 3 aromatic heterocycles. The Morgan fingerprint density at radius 1 is 0.435 bits per heavy atom. The van der Waals surface area contributed by atoms with Crippen molar-refractivity contribution in [3.05, 3.63) is 140 Å². The van der Waals surface area contributed by atoms with Gasteiger partial charge in [0, 0.05) is 0 Å². The van der Waals surface area contributed by atoms with Crippen molar-refractivity contribution in [2.75, 3.05) is 0 Å². The van der Waals surface area contributed by atoms with Crippen LogP contribution in [0.3, 0.4) is 0 Å². The summed E-state index contributed by atoms with van der Waals surface area (Å²) in [4.78, 5) is 15.5. The van der Waals surface area contributed by atoms with E-state index in [1.54, 1.807) is 0 Å². The van der Waals surface area contributed by atoms with E-state index in [-0.39, 0.29) is 14.5 Å². The minimum atomic E-state index is 0.203. The Labute approximate surface area is 269 Å². The number of hydrogen-bond donors (Lipinski definition) is 0. The Balaban J connectivity index is 1.30. The molecule has 0 aliphatic rings. The van der Waals surface area contributed by atoms with Crippen molar-refractivity contribution in [3.8, 4) is 34.2 Å². The second kappa shape index (κ2) is 9.95. The molecule has 0 spiro atoms. The first-order valence-corrected chi connectivity index (χ1v) is 17.0. The fourth-order valence-electron chi connectivity index (χ4n) is 6.75. The van der Waals surface area contributed by atoms with Crippen LogP contribution >= 0.6 is 0 Å². The molecule has 0 amide bonds. The number of nitrogens with zero attached hydrogens (tertiary/aromatic N) is 3. The molecule has 4 nitrogen and oxygen atoms in total. The van der Waals surface area contributed by atoms with E-state index in [0.717, 1.165) is 38.6 Å². The molecule has 0 saturated heterocycles. The van der Waals surface area contributed by atoms with Crippen LogP contribution in [-0.2, 0) is 0 Å². The van der Waals surface area contributed by atoms with E-state index < -0.39 is 0 Å². The van der Waals surface area contributed by atoms with Crippen molar-refractivity contribution in [2.45, 2.75) is 0 Å². The van der Waals surface area contributed by atoms with Crippen molar-refractivity contribution in [2.24, 2.45) is 0 Å². The summed E-state index contributed by atoms with van der Waals surface area (Å²) in [7, 11) is 0. The van der Waals surface area contributed by atoms with Crippen LogP contribution in [-0.4, -0.2) is 29.5 Å². The van der Waals surface area contributed by atoms with Gasteiger partial charge in [-0.3, -0.25) is 0 Å². The summed E-state index contributed by atoms with van der Waals surface area (Å²) in [5.41, 5.74) is 4.60. The third-order valence-corrected chi connectivity index (χ3v) is 11.4. The third-order valence-electron chi connectivity index (χ3n) is 8.91. The average molecular weight is 653 g/mol. The maximum atomic E-state index is 6.13. The van der Waals surface area contributed by atoms with E-state index in [1.807, 2.05) is 48.5 Å². The molecular weight excluding hydrogens is 629 g/mol. The molecule has 10 rings (SSSR count). The van der Waals surface area contributed by atoms with Gasteiger partial charge in [-0.05, 0) is 6.07 Å². The van der Waals surface area contributed by atoms with E-state index in [1.165, 1.54) is 40.8 Å². The summed E-state index contributed by atoms with van der Waals surface area (Å²) in [6, 6.07) is 48.9. The van der Waals surface area contributed by atoms with Gasteiger partial charge in [0.1, 0.15) is 0 Å². The van der Waals surface area contributed by atoms with Crippen molar-refractivity contribution in [3.63, 3.8) is 0 Å². The van der Waals surface area contributed by atoms with Crippen molar-refractivity contribution in [1.29, 1.82) is 0 Å². The van der Waals surface area contributed by atoms with Crippen molar-refractivity contribution >= 4 is 77.3 Å². The molecule has 0 atom stereocenters. The number of furan rings is 1. The van der Waals surface area contributed by atoms with Gasteiger partial charge in [-0.25, -0.2) is 0 Å². The van der Waals surface area contributed by atoms with E-state index >= 15 is 0 Å². The van der Waals surface area contributed by atoms with Gasteiger partial charge < -0.3 is 0 Å². The first-order chi connectivity index (χ1) is 22.8. The van der Waals surface area contributed by atoms with Crippen molar-refractivity contribution < 1.29 is 4.42 Å². The van der Waals surface area contributed by atoms with E-state index in [0.29, 0.717) is 17.5 Å². The van der Waals surface area contributed by atoms with E-state index in [2.05, 4.69) is 91.0 Å². The Bertz CT molecular complexity index is 2820. The molecule has 7 aromatic carbocycles. The third kappa shape index (κ3) is 3.89. The van der Waals surface area contributed by atoms with Crippen LogP contribution in [0.25, 0.3) is 96.9 Å². The number of aromatic nitrogens is 3. The summed E-state index contributed by atoms with van der Waals surface area (Å²) < 4.78 is 8.98. The molecule has 0 N–H and O–H groups in total. The van der Waals surface area contributed by atoms with Gasteiger partial charge in [0.2, 0.25) is 0 Å². The minimum absolute atomic E-state index is 0.203. The zero-order valence-corrected chi connectivity index (χ0v) is 26.2. The molecule has 3 heterocycles. The molecule has 10 aromatic rings. The summed E-state index contributed by atoms with van der Waals surface area (Å²) in [5, 5.41) is 9.69. The Hall–Kier alpha value is -5.61. The Kier molecular flexibility index (Phi) is 5.56. The number of para-hydroxylation sites is 1. The summed E-state index contributed by atoms with van der Waals surface area (Å²) in [6.45, 7) is 0. The summed E-state index contributed by atoms with van der Waals surface area (Å²) >= 11 is 0.203.